The van der Waals surface area contributed by atoms with Gasteiger partial charge < -0.3 is 14.9 Å². The monoisotopic (exact) mass is 280 g/mol. The topological polar surface area (TPSA) is 66.8 Å². The fourth-order valence-electron chi connectivity index (χ4n) is 4.12. The number of ether oxygens (including phenoxy) is 1. The van der Waals surface area contributed by atoms with E-state index in [1.54, 1.807) is 0 Å². The molecule has 2 N–H and O–H groups in total. The molecule has 0 bridgehead atoms. The highest BCUT2D eigenvalue weighted by Crippen LogP contribution is 2.53. The maximum Gasteiger partial charge on any atom is 0.333 e. The second-order valence-corrected chi connectivity index (χ2v) is 6.42. The average Bonchev–Trinajstić information content (AvgIpc) is 2.36. The third-order valence-electron chi connectivity index (χ3n) is 5.07. The normalized spacial score (nSPS) is 40.5. The molecule has 0 aromatic rings. The predicted molar refractivity (Wildman–Crippen MR) is 75.9 cm³/mol. The van der Waals surface area contributed by atoms with Crippen LogP contribution in [0.5, 0.6) is 0 Å². The summed E-state index contributed by atoms with van der Waals surface area (Å²) in [5.41, 5.74) is 1.18. The molecule has 2 aliphatic rings. The molecular weight excluding hydrogens is 256 g/mol. The largest absolute Gasteiger partial charge is 0.466 e. The molecule has 5 atom stereocenters. The van der Waals surface area contributed by atoms with E-state index in [0.717, 1.165) is 18.4 Å². The van der Waals surface area contributed by atoms with Crippen LogP contribution in [-0.2, 0) is 9.53 Å². The zero-order valence-electron chi connectivity index (χ0n) is 12.4. The van der Waals surface area contributed by atoms with E-state index in [1.165, 1.54) is 7.11 Å². The Balaban J connectivity index is 2.34. The number of fused-ring (bicyclic) bond motifs is 1. The van der Waals surface area contributed by atoms with E-state index >= 15 is 0 Å². The summed E-state index contributed by atoms with van der Waals surface area (Å²) in [7, 11) is 1.28. The van der Waals surface area contributed by atoms with E-state index in [0.29, 0.717) is 6.42 Å². The fourth-order valence-corrected chi connectivity index (χ4v) is 4.12. The average molecular weight is 280 g/mol. The van der Waals surface area contributed by atoms with Crippen molar-refractivity contribution in [1.29, 1.82) is 0 Å². The molecule has 0 unspecified atom stereocenters. The van der Waals surface area contributed by atoms with E-state index in [1.807, 2.05) is 6.92 Å². The zero-order chi connectivity index (χ0) is 15.1. The molecule has 4 nitrogen and oxygen atoms in total. The van der Waals surface area contributed by atoms with Crippen LogP contribution in [0.1, 0.15) is 33.1 Å². The van der Waals surface area contributed by atoms with E-state index in [4.69, 9.17) is 0 Å². The number of allylic oxidation sites excluding steroid dienone is 1. The first kappa shape index (κ1) is 15.3. The summed E-state index contributed by atoms with van der Waals surface area (Å²) >= 11 is 0. The van der Waals surface area contributed by atoms with Crippen LogP contribution in [0.25, 0.3) is 0 Å². The molecule has 0 radical (unpaired) electrons. The number of hydrogen-bond donors (Lipinski definition) is 2. The van der Waals surface area contributed by atoms with Gasteiger partial charge in [-0.3, -0.25) is 0 Å². The molecular formula is C16H24O4. The van der Waals surface area contributed by atoms with Crippen molar-refractivity contribution in [2.24, 2.45) is 17.3 Å². The van der Waals surface area contributed by atoms with Crippen molar-refractivity contribution in [2.75, 3.05) is 7.11 Å². The van der Waals surface area contributed by atoms with Gasteiger partial charge >= 0.3 is 5.97 Å². The zero-order valence-corrected chi connectivity index (χ0v) is 12.4. The standard InChI is InChI=1S/C16H24O4/c1-9-6-5-7-16(3)8-11(17)12(14(18)13(9)16)10(2)15(19)20-4/h6,11-14,17-18H,2,5,7-8H2,1,3-4H3/t11-,12+,13+,14-,16+/m0/s1. The lowest BCUT2D eigenvalue weighted by molar-refractivity contribution is -0.142. The number of hydrogen-bond acceptors (Lipinski definition) is 4. The van der Waals surface area contributed by atoms with Crippen molar-refractivity contribution in [3.05, 3.63) is 23.8 Å². The predicted octanol–water partition coefficient (Wildman–Crippen LogP) is 1.82. The maximum absolute atomic E-state index is 11.7. The summed E-state index contributed by atoms with van der Waals surface area (Å²) < 4.78 is 4.67. The summed E-state index contributed by atoms with van der Waals surface area (Å²) in [6, 6.07) is 0. The third kappa shape index (κ3) is 2.31. The van der Waals surface area contributed by atoms with Gasteiger partial charge in [0.05, 0.1) is 19.3 Å². The van der Waals surface area contributed by atoms with E-state index in [2.05, 4.69) is 24.3 Å². The minimum absolute atomic E-state index is 0.0361. The molecule has 1 saturated carbocycles. The van der Waals surface area contributed by atoms with Crippen LogP contribution in [0, 0.1) is 17.3 Å². The summed E-state index contributed by atoms with van der Waals surface area (Å²) in [6.07, 6.45) is 3.07. The lowest BCUT2D eigenvalue weighted by atomic mass is 9.55. The smallest absolute Gasteiger partial charge is 0.333 e. The molecule has 0 amide bonds. The highest BCUT2D eigenvalue weighted by atomic mass is 16.5. The highest BCUT2D eigenvalue weighted by Gasteiger charge is 2.52. The molecule has 0 saturated heterocycles. The molecule has 2 aliphatic carbocycles. The molecule has 0 aliphatic heterocycles. The van der Waals surface area contributed by atoms with Gasteiger partial charge in [-0.15, -0.1) is 0 Å². The van der Waals surface area contributed by atoms with Gasteiger partial charge in [-0.1, -0.05) is 25.2 Å². The van der Waals surface area contributed by atoms with Crippen LogP contribution in [-0.4, -0.2) is 35.5 Å². The van der Waals surface area contributed by atoms with Crippen LogP contribution in [0.4, 0.5) is 0 Å². The van der Waals surface area contributed by atoms with Crippen molar-refractivity contribution in [2.45, 2.75) is 45.3 Å². The quantitative estimate of drug-likeness (QED) is 0.460. The summed E-state index contributed by atoms with van der Waals surface area (Å²) in [5, 5.41) is 21.1. The highest BCUT2D eigenvalue weighted by molar-refractivity contribution is 5.88. The third-order valence-corrected chi connectivity index (χ3v) is 5.07. The van der Waals surface area contributed by atoms with Crippen molar-refractivity contribution in [3.63, 3.8) is 0 Å². The van der Waals surface area contributed by atoms with Crippen molar-refractivity contribution >= 4 is 5.97 Å². The Morgan fingerprint density at radius 3 is 2.75 bits per heavy atom. The van der Waals surface area contributed by atoms with Gasteiger partial charge in [0.2, 0.25) is 0 Å². The lowest BCUT2D eigenvalue weighted by Crippen LogP contribution is -2.54. The molecule has 2 rings (SSSR count). The molecule has 4 heteroatoms. The first-order chi connectivity index (χ1) is 9.31. The first-order valence-corrected chi connectivity index (χ1v) is 7.11. The Morgan fingerprint density at radius 2 is 2.15 bits per heavy atom. The number of rotatable bonds is 2. The van der Waals surface area contributed by atoms with Crippen LogP contribution in [0.2, 0.25) is 0 Å². The Hall–Kier alpha value is -1.13. The molecule has 1 fully saturated rings. The SMILES string of the molecule is C=C(C(=O)OC)[C@H]1[C@H](O)[C@H]2C(C)=CCC[C@]2(C)C[C@@H]1O. The van der Waals surface area contributed by atoms with E-state index in [9.17, 15) is 15.0 Å². The molecule has 0 aromatic heterocycles. The molecule has 0 spiro atoms. The van der Waals surface area contributed by atoms with Gasteiger partial charge in [0.25, 0.3) is 0 Å². The number of carbonyl (C=O) groups excluding carboxylic acids is 1. The molecule has 20 heavy (non-hydrogen) atoms. The second-order valence-electron chi connectivity index (χ2n) is 6.42. The number of esters is 1. The molecule has 0 aromatic carbocycles. The molecule has 0 heterocycles. The number of aliphatic hydroxyl groups excluding tert-OH is 2. The van der Waals surface area contributed by atoms with Gasteiger partial charge in [-0.2, -0.15) is 0 Å². The molecule has 112 valence electrons. The first-order valence-electron chi connectivity index (χ1n) is 7.11. The van der Waals surface area contributed by atoms with Crippen LogP contribution in [0.15, 0.2) is 23.8 Å². The number of aliphatic hydroxyl groups is 2. The summed E-state index contributed by atoms with van der Waals surface area (Å²) in [5.74, 6) is -1.25. The Bertz CT molecular complexity index is 453. The summed E-state index contributed by atoms with van der Waals surface area (Å²) in [4.78, 5) is 11.7. The number of carbonyl (C=O) groups is 1. The Kier molecular flexibility index (Phi) is 4.07. The Morgan fingerprint density at radius 1 is 1.50 bits per heavy atom. The van der Waals surface area contributed by atoms with Gasteiger partial charge in [0, 0.05) is 17.4 Å². The van der Waals surface area contributed by atoms with Gasteiger partial charge in [-0.05, 0) is 31.6 Å². The van der Waals surface area contributed by atoms with Crippen molar-refractivity contribution in [3.8, 4) is 0 Å². The van der Waals surface area contributed by atoms with Gasteiger partial charge in [0.15, 0.2) is 0 Å². The van der Waals surface area contributed by atoms with Crippen LogP contribution < -0.4 is 0 Å². The minimum atomic E-state index is -0.799. The van der Waals surface area contributed by atoms with Crippen LogP contribution in [0.3, 0.4) is 0 Å². The summed E-state index contributed by atoms with van der Waals surface area (Å²) in [6.45, 7) is 7.85. The van der Waals surface area contributed by atoms with E-state index in [-0.39, 0.29) is 16.9 Å². The van der Waals surface area contributed by atoms with E-state index < -0.39 is 24.1 Å². The fraction of sp³-hybridized carbons (Fsp3) is 0.688. The minimum Gasteiger partial charge on any atom is -0.466 e. The lowest BCUT2D eigenvalue weighted by Gasteiger charge is -2.52. The van der Waals surface area contributed by atoms with Gasteiger partial charge in [0.1, 0.15) is 0 Å². The second kappa shape index (κ2) is 5.34. The Labute approximate surface area is 120 Å². The van der Waals surface area contributed by atoms with Crippen molar-refractivity contribution < 1.29 is 19.7 Å². The van der Waals surface area contributed by atoms with Crippen molar-refractivity contribution in [1.82, 2.24) is 0 Å². The van der Waals surface area contributed by atoms with Gasteiger partial charge in [-0.25, -0.2) is 4.79 Å². The maximum atomic E-state index is 11.7. The number of methoxy groups -OCH3 is 1. The van der Waals surface area contributed by atoms with Crippen LogP contribution >= 0.6 is 0 Å².